The number of hydrogen-bond donors (Lipinski definition) is 1. The molecule has 1 aliphatic rings. The van der Waals surface area contributed by atoms with Crippen LogP contribution >= 0.6 is 0 Å². The molecule has 134 valence electrons. The van der Waals surface area contributed by atoms with Crippen molar-refractivity contribution in [2.45, 2.75) is 18.4 Å². The Bertz CT molecular complexity index is 1060. The quantitative estimate of drug-likeness (QED) is 0.731. The molecule has 3 aromatic rings. The smallest absolute Gasteiger partial charge is 0.242 e. The molecule has 9 heteroatoms. The maximum atomic E-state index is 12.4. The van der Waals surface area contributed by atoms with Crippen LogP contribution < -0.4 is 14.2 Å². The highest BCUT2D eigenvalue weighted by atomic mass is 32.2. The molecule has 2 heterocycles. The molecule has 0 saturated heterocycles. The summed E-state index contributed by atoms with van der Waals surface area (Å²) in [5.41, 5.74) is 1.87. The Hall–Kier alpha value is -2.91. The minimum absolute atomic E-state index is 0.0696. The molecule has 0 fully saturated rings. The van der Waals surface area contributed by atoms with Crippen LogP contribution in [0.2, 0.25) is 0 Å². The van der Waals surface area contributed by atoms with E-state index in [-0.39, 0.29) is 24.1 Å². The first kappa shape index (κ1) is 16.6. The fraction of sp³-hybridized carbons (Fsp3) is 0.176. The van der Waals surface area contributed by atoms with Crippen molar-refractivity contribution in [3.63, 3.8) is 0 Å². The summed E-state index contributed by atoms with van der Waals surface area (Å²) in [5, 5.41) is 3.89. The second-order valence-electron chi connectivity index (χ2n) is 5.72. The summed E-state index contributed by atoms with van der Waals surface area (Å²) in [5.74, 6) is 1.49. The molecule has 26 heavy (non-hydrogen) atoms. The molecule has 0 radical (unpaired) electrons. The van der Waals surface area contributed by atoms with Gasteiger partial charge in [0.15, 0.2) is 11.5 Å². The van der Waals surface area contributed by atoms with Crippen molar-refractivity contribution in [3.8, 4) is 22.9 Å². The summed E-state index contributed by atoms with van der Waals surface area (Å²) in [6, 6.07) is 12.1. The van der Waals surface area contributed by atoms with Gasteiger partial charge >= 0.3 is 0 Å². The van der Waals surface area contributed by atoms with E-state index in [4.69, 9.17) is 14.0 Å². The van der Waals surface area contributed by atoms with E-state index in [2.05, 4.69) is 14.9 Å². The number of hydrogen-bond acceptors (Lipinski definition) is 7. The Balaban J connectivity index is 1.48. The van der Waals surface area contributed by atoms with Crippen molar-refractivity contribution in [3.05, 3.63) is 53.9 Å². The Morgan fingerprint density at radius 2 is 1.96 bits per heavy atom. The van der Waals surface area contributed by atoms with Gasteiger partial charge in [0.2, 0.25) is 28.5 Å². The SMILES string of the molecule is Cc1cccc(-c2noc(CNS(=O)(=O)c3ccc4c(c3)OCO4)n2)c1. The van der Waals surface area contributed by atoms with Crippen LogP contribution in [0.25, 0.3) is 11.4 Å². The Morgan fingerprint density at radius 3 is 2.81 bits per heavy atom. The van der Waals surface area contributed by atoms with Gasteiger partial charge in [-0.3, -0.25) is 0 Å². The van der Waals surface area contributed by atoms with Crippen LogP contribution in [0, 0.1) is 6.92 Å². The molecule has 0 spiro atoms. The molecule has 0 amide bonds. The average Bonchev–Trinajstić information content (AvgIpc) is 3.28. The molecule has 0 unspecified atom stereocenters. The van der Waals surface area contributed by atoms with Crippen LogP contribution in [0.15, 0.2) is 51.9 Å². The summed E-state index contributed by atoms with van der Waals surface area (Å²) in [7, 11) is -3.76. The lowest BCUT2D eigenvalue weighted by molar-refractivity contribution is 0.174. The van der Waals surface area contributed by atoms with Crippen molar-refractivity contribution in [1.29, 1.82) is 0 Å². The van der Waals surface area contributed by atoms with Crippen LogP contribution in [0.3, 0.4) is 0 Å². The lowest BCUT2D eigenvalue weighted by atomic mass is 10.1. The zero-order valence-electron chi connectivity index (χ0n) is 13.8. The number of aryl methyl sites for hydroxylation is 1. The molecule has 1 aliphatic heterocycles. The highest BCUT2D eigenvalue weighted by Gasteiger charge is 2.21. The van der Waals surface area contributed by atoms with E-state index in [0.29, 0.717) is 17.3 Å². The maximum absolute atomic E-state index is 12.4. The third kappa shape index (κ3) is 3.26. The Morgan fingerprint density at radius 1 is 1.12 bits per heavy atom. The lowest BCUT2D eigenvalue weighted by Crippen LogP contribution is -2.23. The van der Waals surface area contributed by atoms with Crippen LogP contribution in [-0.4, -0.2) is 25.4 Å². The number of fused-ring (bicyclic) bond motifs is 1. The first-order valence-corrected chi connectivity index (χ1v) is 9.28. The Kier molecular flexibility index (Phi) is 4.09. The average molecular weight is 373 g/mol. The van der Waals surface area contributed by atoms with Crippen molar-refractivity contribution < 1.29 is 22.4 Å². The van der Waals surface area contributed by atoms with E-state index in [9.17, 15) is 8.42 Å². The zero-order valence-corrected chi connectivity index (χ0v) is 14.6. The molecule has 2 aromatic carbocycles. The van der Waals surface area contributed by atoms with Crippen molar-refractivity contribution in [1.82, 2.24) is 14.9 Å². The summed E-state index contributed by atoms with van der Waals surface area (Å²) in [4.78, 5) is 4.30. The molecule has 8 nitrogen and oxygen atoms in total. The molecule has 0 aliphatic carbocycles. The molecule has 1 N–H and O–H groups in total. The standard InChI is InChI=1S/C17H15N3O5S/c1-11-3-2-4-12(7-11)17-19-16(25-20-17)9-18-26(21,22)13-5-6-14-15(8-13)24-10-23-14/h2-8,18H,9-10H2,1H3. The van der Waals surface area contributed by atoms with Gasteiger partial charge in [-0.05, 0) is 25.1 Å². The highest BCUT2D eigenvalue weighted by molar-refractivity contribution is 7.89. The van der Waals surface area contributed by atoms with Gasteiger partial charge in [-0.1, -0.05) is 28.9 Å². The van der Waals surface area contributed by atoms with Crippen molar-refractivity contribution >= 4 is 10.0 Å². The summed E-state index contributed by atoms with van der Waals surface area (Å²) >= 11 is 0. The van der Waals surface area contributed by atoms with Gasteiger partial charge in [0.25, 0.3) is 0 Å². The summed E-state index contributed by atoms with van der Waals surface area (Å²) < 4.78 is 42.8. The van der Waals surface area contributed by atoms with E-state index in [1.165, 1.54) is 12.1 Å². The lowest BCUT2D eigenvalue weighted by Gasteiger charge is -2.05. The largest absolute Gasteiger partial charge is 0.454 e. The first-order valence-electron chi connectivity index (χ1n) is 7.80. The number of ether oxygens (including phenoxy) is 2. The van der Waals surface area contributed by atoms with Gasteiger partial charge < -0.3 is 14.0 Å². The molecule has 4 rings (SSSR count). The molecule has 0 saturated carbocycles. The molecular formula is C17H15N3O5S. The van der Waals surface area contributed by atoms with Gasteiger partial charge in [-0.2, -0.15) is 4.98 Å². The number of nitrogens with one attached hydrogen (secondary N) is 1. The third-order valence-electron chi connectivity index (χ3n) is 3.81. The van der Waals surface area contributed by atoms with Crippen LogP contribution in [-0.2, 0) is 16.6 Å². The van der Waals surface area contributed by atoms with E-state index in [0.717, 1.165) is 11.1 Å². The minimum atomic E-state index is -3.76. The minimum Gasteiger partial charge on any atom is -0.454 e. The van der Waals surface area contributed by atoms with Gasteiger partial charge in [0, 0.05) is 11.6 Å². The number of nitrogens with zero attached hydrogens (tertiary/aromatic N) is 2. The fourth-order valence-corrected chi connectivity index (χ4v) is 3.50. The van der Waals surface area contributed by atoms with Crippen molar-refractivity contribution in [2.75, 3.05) is 6.79 Å². The molecular weight excluding hydrogens is 358 g/mol. The fourth-order valence-electron chi connectivity index (χ4n) is 2.51. The maximum Gasteiger partial charge on any atom is 0.242 e. The molecule has 0 bridgehead atoms. The predicted octanol–water partition coefficient (Wildman–Crippen LogP) is 2.25. The van der Waals surface area contributed by atoms with E-state index < -0.39 is 10.0 Å². The van der Waals surface area contributed by atoms with Gasteiger partial charge in [-0.25, -0.2) is 13.1 Å². The van der Waals surface area contributed by atoms with Gasteiger partial charge in [-0.15, -0.1) is 0 Å². The predicted molar refractivity (Wildman–Crippen MR) is 91.1 cm³/mol. The number of sulfonamides is 1. The first-order chi connectivity index (χ1) is 12.5. The van der Waals surface area contributed by atoms with Gasteiger partial charge in [0.05, 0.1) is 11.4 Å². The normalized spacial score (nSPS) is 13.1. The number of aromatic nitrogens is 2. The van der Waals surface area contributed by atoms with Crippen LogP contribution in [0.4, 0.5) is 0 Å². The van der Waals surface area contributed by atoms with E-state index >= 15 is 0 Å². The number of rotatable bonds is 5. The van der Waals surface area contributed by atoms with E-state index in [1.54, 1.807) is 6.07 Å². The van der Waals surface area contributed by atoms with Crippen molar-refractivity contribution in [2.24, 2.45) is 0 Å². The molecule has 0 atom stereocenters. The zero-order chi connectivity index (χ0) is 18.1. The van der Waals surface area contributed by atoms with Crippen LogP contribution in [0.1, 0.15) is 11.5 Å². The van der Waals surface area contributed by atoms with E-state index in [1.807, 2.05) is 31.2 Å². The molecule has 1 aromatic heterocycles. The summed E-state index contributed by atoms with van der Waals surface area (Å²) in [6.45, 7) is 1.93. The summed E-state index contributed by atoms with van der Waals surface area (Å²) in [6.07, 6.45) is 0. The monoisotopic (exact) mass is 373 g/mol. The number of benzene rings is 2. The van der Waals surface area contributed by atoms with Crippen LogP contribution in [0.5, 0.6) is 11.5 Å². The second-order valence-corrected chi connectivity index (χ2v) is 7.49. The second kappa shape index (κ2) is 6.43. The third-order valence-corrected chi connectivity index (χ3v) is 5.21. The highest BCUT2D eigenvalue weighted by Crippen LogP contribution is 2.33. The Labute approximate surface area is 149 Å². The van der Waals surface area contributed by atoms with Gasteiger partial charge in [0.1, 0.15) is 0 Å². The topological polar surface area (TPSA) is 104 Å².